The number of fused-ring (bicyclic) bond motifs is 1. The Morgan fingerprint density at radius 1 is 0.957 bits per heavy atom. The molecule has 0 aliphatic heterocycles. The lowest BCUT2D eigenvalue weighted by molar-refractivity contribution is -0.133. The van der Waals surface area contributed by atoms with Gasteiger partial charge < -0.3 is 14.8 Å². The van der Waals surface area contributed by atoms with Crippen LogP contribution in [-0.4, -0.2) is 33.7 Å². The fourth-order valence-electron chi connectivity index (χ4n) is 6.92. The number of aryl methyl sites for hydroxylation is 4. The lowest BCUT2D eigenvalue weighted by atomic mass is 9.75. The van der Waals surface area contributed by atoms with Crippen LogP contribution in [0, 0.1) is 13.8 Å². The summed E-state index contributed by atoms with van der Waals surface area (Å²) in [6, 6.07) is 14.4. The van der Waals surface area contributed by atoms with Crippen LogP contribution in [0.1, 0.15) is 123 Å². The number of nitrogens with zero attached hydrogens (tertiary/aromatic N) is 2. The molecule has 1 saturated carbocycles. The number of hydrogen-bond donors (Lipinski definition) is 1. The third kappa shape index (κ3) is 8.87. The van der Waals surface area contributed by atoms with Crippen LogP contribution in [0.25, 0.3) is 0 Å². The van der Waals surface area contributed by atoms with Gasteiger partial charge in [-0.2, -0.15) is 0 Å². The van der Waals surface area contributed by atoms with Gasteiger partial charge in [0.15, 0.2) is 6.10 Å². The zero-order chi connectivity index (χ0) is 32.8. The molecule has 0 spiro atoms. The highest BCUT2D eigenvalue weighted by atomic mass is 35.5. The molecule has 0 radical (unpaired) electrons. The molecular formula is C38H48ClN3O4. The first-order chi connectivity index (χ1) is 22.0. The van der Waals surface area contributed by atoms with E-state index < -0.39 is 17.8 Å². The maximum Gasteiger partial charge on any atom is 0.509 e. The molecule has 0 unspecified atom stereocenters. The number of rotatable bonds is 9. The van der Waals surface area contributed by atoms with Crippen molar-refractivity contribution in [3.63, 3.8) is 0 Å². The predicted molar refractivity (Wildman–Crippen MR) is 181 cm³/mol. The second-order valence-corrected chi connectivity index (χ2v) is 14.4. The Bertz CT molecular complexity index is 1540. The Balaban J connectivity index is 1.24. The zero-order valence-electron chi connectivity index (χ0n) is 28.0. The number of halogens is 1. The lowest BCUT2D eigenvalue weighted by Gasteiger charge is -2.30. The summed E-state index contributed by atoms with van der Waals surface area (Å²) in [6.45, 7) is 9.64. The summed E-state index contributed by atoms with van der Waals surface area (Å²) >= 11 is 6.20. The van der Waals surface area contributed by atoms with Gasteiger partial charge in [0.2, 0.25) is 0 Å². The van der Waals surface area contributed by atoms with E-state index in [-0.39, 0.29) is 18.9 Å². The number of carbonyl (C=O) groups excluding carboxylic acids is 2. The van der Waals surface area contributed by atoms with Gasteiger partial charge >= 0.3 is 6.16 Å². The van der Waals surface area contributed by atoms with E-state index in [2.05, 4.69) is 30.4 Å². The van der Waals surface area contributed by atoms with Crippen molar-refractivity contribution in [1.29, 1.82) is 0 Å². The number of hydrogen-bond acceptors (Lipinski definition) is 6. The molecule has 1 amide bonds. The highest BCUT2D eigenvalue weighted by molar-refractivity contribution is 6.31. The first kappa shape index (κ1) is 33.9. The average Bonchev–Trinajstić information content (AvgIpc) is 3.03. The molecule has 1 N–H and O–H groups in total. The van der Waals surface area contributed by atoms with Gasteiger partial charge in [-0.15, -0.1) is 0 Å². The standard InChI is InChI=1S/C38H48ClN3O4/c1-24-33(20-21-34(36(43)42-38(3,4)5)46-37(44)45-23-31-12-8-9-13-32(31)39)40-25(2)41-35(24)28-17-14-27(15-18-28)30-19-16-26-10-6-7-11-29(26)22-30/h8-9,12-13,16,19,22,27-28,34H,6-7,10-11,14-15,17-18,20-21,23H2,1-5H3,(H,42,43)/t27?,28?,34-/m0/s1. The maximum absolute atomic E-state index is 13.2. The molecule has 8 heteroatoms. The molecule has 7 nitrogen and oxygen atoms in total. The van der Waals surface area contributed by atoms with Crippen LogP contribution in [0.3, 0.4) is 0 Å². The highest BCUT2D eigenvalue weighted by Crippen LogP contribution is 2.42. The van der Waals surface area contributed by atoms with Gasteiger partial charge in [0.1, 0.15) is 12.4 Å². The monoisotopic (exact) mass is 645 g/mol. The first-order valence-electron chi connectivity index (χ1n) is 16.8. The van der Waals surface area contributed by atoms with E-state index >= 15 is 0 Å². The third-order valence-electron chi connectivity index (χ3n) is 9.33. The summed E-state index contributed by atoms with van der Waals surface area (Å²) in [5.74, 6) is 1.34. The molecule has 2 aliphatic rings. The van der Waals surface area contributed by atoms with E-state index in [4.69, 9.17) is 31.0 Å². The molecule has 1 fully saturated rings. The third-order valence-corrected chi connectivity index (χ3v) is 9.70. The molecule has 0 bridgehead atoms. The van der Waals surface area contributed by atoms with Crippen molar-refractivity contribution >= 4 is 23.7 Å². The Morgan fingerprint density at radius 3 is 2.37 bits per heavy atom. The summed E-state index contributed by atoms with van der Waals surface area (Å²) in [5, 5.41) is 3.44. The van der Waals surface area contributed by atoms with Crippen molar-refractivity contribution in [1.82, 2.24) is 15.3 Å². The summed E-state index contributed by atoms with van der Waals surface area (Å²) < 4.78 is 10.9. The molecule has 5 rings (SSSR count). The van der Waals surface area contributed by atoms with E-state index in [0.717, 1.165) is 48.5 Å². The smallest absolute Gasteiger partial charge is 0.429 e. The fourth-order valence-corrected chi connectivity index (χ4v) is 7.11. The minimum Gasteiger partial charge on any atom is -0.429 e. The van der Waals surface area contributed by atoms with Crippen molar-refractivity contribution in [2.45, 2.75) is 129 Å². The molecule has 2 aliphatic carbocycles. The SMILES string of the molecule is Cc1nc(CC[C@H](OC(=O)OCc2ccccc2Cl)C(=O)NC(C)(C)C)c(C)c(C2CCC(c3ccc4c(c3)CCCC4)CC2)n1. The van der Waals surface area contributed by atoms with Crippen molar-refractivity contribution in [2.75, 3.05) is 0 Å². The first-order valence-corrected chi connectivity index (χ1v) is 17.2. The predicted octanol–water partition coefficient (Wildman–Crippen LogP) is 8.64. The van der Waals surface area contributed by atoms with Crippen LogP contribution in [0.2, 0.25) is 5.02 Å². The van der Waals surface area contributed by atoms with Crippen LogP contribution in [0.5, 0.6) is 0 Å². The van der Waals surface area contributed by atoms with Crippen LogP contribution >= 0.6 is 11.6 Å². The van der Waals surface area contributed by atoms with Crippen LogP contribution in [0.4, 0.5) is 4.79 Å². The Labute approximate surface area is 278 Å². The molecular weight excluding hydrogens is 598 g/mol. The van der Waals surface area contributed by atoms with Crippen LogP contribution < -0.4 is 5.32 Å². The molecule has 0 saturated heterocycles. The quantitative estimate of drug-likeness (QED) is 0.234. The number of aromatic nitrogens is 2. The lowest BCUT2D eigenvalue weighted by Crippen LogP contribution is -2.47. The topological polar surface area (TPSA) is 90.4 Å². The Hall–Kier alpha value is -3.45. The highest BCUT2D eigenvalue weighted by Gasteiger charge is 2.30. The Kier molecular flexibility index (Phi) is 11.0. The zero-order valence-corrected chi connectivity index (χ0v) is 28.7. The van der Waals surface area contributed by atoms with E-state index in [1.165, 1.54) is 31.2 Å². The van der Waals surface area contributed by atoms with E-state index in [9.17, 15) is 9.59 Å². The second-order valence-electron chi connectivity index (χ2n) is 14.0. The summed E-state index contributed by atoms with van der Waals surface area (Å²) in [7, 11) is 0. The minimum absolute atomic E-state index is 0.0472. The van der Waals surface area contributed by atoms with Crippen molar-refractivity contribution in [3.8, 4) is 0 Å². The largest absolute Gasteiger partial charge is 0.509 e. The second kappa shape index (κ2) is 15.0. The van der Waals surface area contributed by atoms with Gasteiger partial charge in [-0.25, -0.2) is 14.8 Å². The number of carbonyl (C=O) groups is 2. The number of benzene rings is 2. The molecule has 246 valence electrons. The molecule has 3 aromatic rings. The van der Waals surface area contributed by atoms with E-state index in [1.807, 2.05) is 33.8 Å². The van der Waals surface area contributed by atoms with Crippen LogP contribution in [-0.2, 0) is 40.1 Å². The van der Waals surface area contributed by atoms with Gasteiger partial charge in [0.25, 0.3) is 5.91 Å². The van der Waals surface area contributed by atoms with Gasteiger partial charge in [-0.3, -0.25) is 4.79 Å². The summed E-state index contributed by atoms with van der Waals surface area (Å²) in [5.41, 5.74) is 7.84. The molecule has 1 heterocycles. The maximum atomic E-state index is 13.2. The number of ether oxygens (including phenoxy) is 2. The van der Waals surface area contributed by atoms with Gasteiger partial charge in [0, 0.05) is 27.7 Å². The van der Waals surface area contributed by atoms with Crippen LogP contribution in [0.15, 0.2) is 42.5 Å². The number of nitrogens with one attached hydrogen (secondary N) is 1. The van der Waals surface area contributed by atoms with Crippen molar-refractivity contribution in [3.05, 3.63) is 92.5 Å². The average molecular weight is 646 g/mol. The number of amides is 1. The normalized spacial score (nSPS) is 18.7. The van der Waals surface area contributed by atoms with Crippen molar-refractivity contribution < 1.29 is 19.1 Å². The summed E-state index contributed by atoms with van der Waals surface area (Å²) in [6.07, 6.45) is 8.33. The van der Waals surface area contributed by atoms with Crippen molar-refractivity contribution in [2.24, 2.45) is 0 Å². The Morgan fingerprint density at radius 2 is 1.65 bits per heavy atom. The van der Waals surface area contributed by atoms with E-state index in [1.54, 1.807) is 29.3 Å². The fraction of sp³-hybridized carbons (Fsp3) is 0.526. The molecule has 1 atom stereocenters. The van der Waals surface area contributed by atoms with Gasteiger partial charge in [-0.05, 0) is 133 Å². The summed E-state index contributed by atoms with van der Waals surface area (Å²) in [4.78, 5) is 35.6. The minimum atomic E-state index is -1.04. The van der Waals surface area contributed by atoms with E-state index in [0.29, 0.717) is 28.8 Å². The molecule has 46 heavy (non-hydrogen) atoms. The van der Waals surface area contributed by atoms with Gasteiger partial charge in [-0.1, -0.05) is 48.0 Å². The van der Waals surface area contributed by atoms with Gasteiger partial charge in [0.05, 0.1) is 5.69 Å². The molecule has 2 aromatic carbocycles. The molecule has 1 aromatic heterocycles.